The van der Waals surface area contributed by atoms with Crippen LogP contribution < -0.4 is 19.5 Å². The molecule has 2 aromatic rings. The van der Waals surface area contributed by atoms with Crippen molar-refractivity contribution in [2.75, 3.05) is 14.2 Å². The van der Waals surface area contributed by atoms with Crippen molar-refractivity contribution in [2.24, 2.45) is 0 Å². The Morgan fingerprint density at radius 1 is 1.04 bits per heavy atom. The van der Waals surface area contributed by atoms with Gasteiger partial charge < -0.3 is 19.5 Å². The lowest BCUT2D eigenvalue weighted by molar-refractivity contribution is -0.128. The number of rotatable bonds is 8. The number of hydrogen-bond donors (Lipinski definition) is 1. The standard InChI is InChI=1S/C21H27NO4/c1-6-17(26-18-9-7-8-14(2)15(18)3)21(23)22-13-16-10-11-19(24-4)20(12-16)25-5/h7-12,17H,6,13H2,1-5H3,(H,22,23)/t17-/m1/s1. The van der Waals surface area contributed by atoms with Crippen LogP contribution in [0.25, 0.3) is 0 Å². The minimum atomic E-state index is -0.532. The van der Waals surface area contributed by atoms with Crippen molar-refractivity contribution in [1.29, 1.82) is 0 Å². The predicted octanol–water partition coefficient (Wildman–Crippen LogP) is 3.79. The second-order valence-electron chi connectivity index (χ2n) is 6.12. The van der Waals surface area contributed by atoms with E-state index in [1.165, 1.54) is 0 Å². The van der Waals surface area contributed by atoms with Crippen LogP contribution in [-0.4, -0.2) is 26.2 Å². The molecular formula is C21H27NO4. The Kier molecular flexibility index (Phi) is 6.89. The van der Waals surface area contributed by atoms with Crippen LogP contribution in [0.5, 0.6) is 17.2 Å². The first-order chi connectivity index (χ1) is 12.5. The molecule has 0 bridgehead atoms. The molecular weight excluding hydrogens is 330 g/mol. The van der Waals surface area contributed by atoms with E-state index >= 15 is 0 Å². The van der Waals surface area contributed by atoms with E-state index in [9.17, 15) is 4.79 Å². The molecule has 0 aliphatic heterocycles. The molecule has 1 amide bonds. The molecule has 2 rings (SSSR count). The number of benzene rings is 2. The average molecular weight is 357 g/mol. The van der Waals surface area contributed by atoms with Gasteiger partial charge in [0.15, 0.2) is 17.6 Å². The van der Waals surface area contributed by atoms with Gasteiger partial charge in [0.2, 0.25) is 0 Å². The van der Waals surface area contributed by atoms with Gasteiger partial charge in [-0.15, -0.1) is 0 Å². The van der Waals surface area contributed by atoms with Gasteiger partial charge in [-0.3, -0.25) is 4.79 Å². The number of carbonyl (C=O) groups excluding carboxylic acids is 1. The van der Waals surface area contributed by atoms with Gasteiger partial charge in [-0.2, -0.15) is 0 Å². The van der Waals surface area contributed by atoms with Gasteiger partial charge in [-0.05, 0) is 55.2 Å². The first-order valence-electron chi connectivity index (χ1n) is 8.71. The number of aryl methyl sites for hydroxylation is 1. The summed E-state index contributed by atoms with van der Waals surface area (Å²) in [5.74, 6) is 1.91. The Hall–Kier alpha value is -2.69. The summed E-state index contributed by atoms with van der Waals surface area (Å²) >= 11 is 0. The lowest BCUT2D eigenvalue weighted by Crippen LogP contribution is -2.37. The zero-order valence-electron chi connectivity index (χ0n) is 16.1. The van der Waals surface area contributed by atoms with Gasteiger partial charge in [0, 0.05) is 6.54 Å². The molecule has 0 unspecified atom stereocenters. The summed E-state index contributed by atoms with van der Waals surface area (Å²) in [4.78, 5) is 12.5. The highest BCUT2D eigenvalue weighted by Gasteiger charge is 2.19. The van der Waals surface area contributed by atoms with E-state index in [2.05, 4.69) is 5.32 Å². The van der Waals surface area contributed by atoms with E-state index in [-0.39, 0.29) is 5.91 Å². The second-order valence-corrected chi connectivity index (χ2v) is 6.12. The van der Waals surface area contributed by atoms with Crippen LogP contribution >= 0.6 is 0 Å². The normalized spacial score (nSPS) is 11.6. The van der Waals surface area contributed by atoms with Crippen molar-refractivity contribution in [2.45, 2.75) is 39.8 Å². The average Bonchev–Trinajstić information content (AvgIpc) is 2.66. The zero-order valence-corrected chi connectivity index (χ0v) is 16.1. The van der Waals surface area contributed by atoms with Crippen LogP contribution in [0.4, 0.5) is 0 Å². The molecule has 5 nitrogen and oxygen atoms in total. The van der Waals surface area contributed by atoms with Crippen molar-refractivity contribution in [1.82, 2.24) is 5.32 Å². The molecule has 1 N–H and O–H groups in total. The first-order valence-corrected chi connectivity index (χ1v) is 8.71. The molecule has 0 aliphatic carbocycles. The lowest BCUT2D eigenvalue weighted by Gasteiger charge is -2.19. The van der Waals surface area contributed by atoms with Crippen molar-refractivity contribution < 1.29 is 19.0 Å². The fraction of sp³-hybridized carbons (Fsp3) is 0.381. The molecule has 26 heavy (non-hydrogen) atoms. The van der Waals surface area contributed by atoms with Crippen LogP contribution in [0.2, 0.25) is 0 Å². The maximum atomic E-state index is 12.5. The van der Waals surface area contributed by atoms with Gasteiger partial charge in [0.05, 0.1) is 14.2 Å². The fourth-order valence-corrected chi connectivity index (χ4v) is 2.62. The third-order valence-corrected chi connectivity index (χ3v) is 4.40. The topological polar surface area (TPSA) is 56.8 Å². The summed E-state index contributed by atoms with van der Waals surface area (Å²) in [5.41, 5.74) is 3.12. The minimum absolute atomic E-state index is 0.136. The number of nitrogens with one attached hydrogen (secondary N) is 1. The molecule has 0 saturated heterocycles. The molecule has 5 heteroatoms. The minimum Gasteiger partial charge on any atom is -0.493 e. The summed E-state index contributed by atoms with van der Waals surface area (Å²) in [6.45, 7) is 6.36. The quantitative estimate of drug-likeness (QED) is 0.781. The SMILES string of the molecule is CC[C@@H](Oc1cccc(C)c1C)C(=O)NCc1ccc(OC)c(OC)c1. The molecule has 2 aromatic carbocycles. The molecule has 0 spiro atoms. The monoisotopic (exact) mass is 357 g/mol. The number of methoxy groups -OCH3 is 2. The summed E-state index contributed by atoms with van der Waals surface area (Å²) in [6.07, 6.45) is 0.0566. The highest BCUT2D eigenvalue weighted by molar-refractivity contribution is 5.81. The highest BCUT2D eigenvalue weighted by atomic mass is 16.5. The Morgan fingerprint density at radius 3 is 2.42 bits per heavy atom. The van der Waals surface area contributed by atoms with Gasteiger partial charge >= 0.3 is 0 Å². The smallest absolute Gasteiger partial charge is 0.261 e. The van der Waals surface area contributed by atoms with E-state index in [0.29, 0.717) is 24.5 Å². The second kappa shape index (κ2) is 9.13. The molecule has 140 valence electrons. The fourth-order valence-electron chi connectivity index (χ4n) is 2.62. The molecule has 0 heterocycles. The largest absolute Gasteiger partial charge is 0.493 e. The summed E-state index contributed by atoms with van der Waals surface area (Å²) < 4.78 is 16.5. The predicted molar refractivity (Wildman–Crippen MR) is 102 cm³/mol. The molecule has 0 saturated carbocycles. The maximum Gasteiger partial charge on any atom is 0.261 e. The third kappa shape index (κ3) is 4.69. The van der Waals surface area contributed by atoms with Crippen molar-refractivity contribution in [3.63, 3.8) is 0 Å². The third-order valence-electron chi connectivity index (χ3n) is 4.40. The van der Waals surface area contributed by atoms with E-state index in [0.717, 1.165) is 22.4 Å². The van der Waals surface area contributed by atoms with Crippen molar-refractivity contribution in [3.05, 3.63) is 53.1 Å². The Labute approximate surface area is 155 Å². The van der Waals surface area contributed by atoms with Crippen molar-refractivity contribution in [3.8, 4) is 17.2 Å². The van der Waals surface area contributed by atoms with E-state index in [4.69, 9.17) is 14.2 Å². The maximum absolute atomic E-state index is 12.5. The Bertz CT molecular complexity index is 758. The van der Waals surface area contributed by atoms with Crippen LogP contribution in [0.3, 0.4) is 0 Å². The van der Waals surface area contributed by atoms with Gasteiger partial charge in [0.25, 0.3) is 5.91 Å². The summed E-state index contributed by atoms with van der Waals surface area (Å²) in [7, 11) is 3.18. The van der Waals surface area contributed by atoms with E-state index in [1.807, 2.05) is 57.2 Å². The summed E-state index contributed by atoms with van der Waals surface area (Å²) in [5, 5.41) is 2.93. The summed E-state index contributed by atoms with van der Waals surface area (Å²) in [6, 6.07) is 11.4. The van der Waals surface area contributed by atoms with Crippen molar-refractivity contribution >= 4 is 5.91 Å². The number of ether oxygens (including phenoxy) is 3. The molecule has 0 aromatic heterocycles. The van der Waals surface area contributed by atoms with Crippen LogP contribution in [0.1, 0.15) is 30.0 Å². The Balaban J connectivity index is 2.02. The Morgan fingerprint density at radius 2 is 1.77 bits per heavy atom. The molecule has 0 radical (unpaired) electrons. The van der Waals surface area contributed by atoms with Crippen LogP contribution in [0, 0.1) is 13.8 Å². The molecule has 1 atom stereocenters. The van der Waals surface area contributed by atoms with E-state index in [1.54, 1.807) is 14.2 Å². The number of hydrogen-bond acceptors (Lipinski definition) is 4. The van der Waals surface area contributed by atoms with Gasteiger partial charge in [-0.25, -0.2) is 0 Å². The van der Waals surface area contributed by atoms with Crippen LogP contribution in [-0.2, 0) is 11.3 Å². The molecule has 0 aliphatic rings. The molecule has 0 fully saturated rings. The lowest BCUT2D eigenvalue weighted by atomic mass is 10.1. The number of carbonyl (C=O) groups is 1. The number of amides is 1. The van der Waals surface area contributed by atoms with Crippen LogP contribution in [0.15, 0.2) is 36.4 Å². The van der Waals surface area contributed by atoms with Gasteiger partial charge in [0.1, 0.15) is 5.75 Å². The zero-order chi connectivity index (χ0) is 19.1. The van der Waals surface area contributed by atoms with Gasteiger partial charge in [-0.1, -0.05) is 25.1 Å². The highest BCUT2D eigenvalue weighted by Crippen LogP contribution is 2.27. The first kappa shape index (κ1) is 19.6. The van der Waals surface area contributed by atoms with E-state index < -0.39 is 6.10 Å².